The average molecular weight is 265 g/mol. The second-order valence-electron chi connectivity index (χ2n) is 5.30. The van der Waals surface area contributed by atoms with Crippen molar-refractivity contribution in [3.05, 3.63) is 23.8 Å². The lowest BCUT2D eigenvalue weighted by Gasteiger charge is -2.28. The monoisotopic (exact) mass is 265 g/mol. The first-order chi connectivity index (χ1) is 8.74. The standard InChI is InChI=1S/C14H23N3O2/c1-5-16-13(18)10-6-7-12(11(15)8-10)17(4)9-14(2,3)19/h6-8,19H,5,9,15H2,1-4H3,(H,16,18). The Morgan fingerprint density at radius 1 is 1.47 bits per heavy atom. The molecule has 0 aliphatic rings. The summed E-state index contributed by atoms with van der Waals surface area (Å²) in [6.07, 6.45) is 0. The van der Waals surface area contributed by atoms with Gasteiger partial charge in [0, 0.05) is 25.7 Å². The van der Waals surface area contributed by atoms with E-state index in [1.54, 1.807) is 32.0 Å². The molecule has 5 nitrogen and oxygen atoms in total. The van der Waals surface area contributed by atoms with Gasteiger partial charge in [-0.15, -0.1) is 0 Å². The van der Waals surface area contributed by atoms with Crippen LogP contribution in [0.2, 0.25) is 0 Å². The highest BCUT2D eigenvalue weighted by Crippen LogP contribution is 2.24. The maximum absolute atomic E-state index is 11.7. The van der Waals surface area contributed by atoms with Crippen molar-refractivity contribution in [1.29, 1.82) is 0 Å². The van der Waals surface area contributed by atoms with E-state index in [4.69, 9.17) is 5.73 Å². The molecule has 4 N–H and O–H groups in total. The molecule has 0 aromatic heterocycles. The summed E-state index contributed by atoms with van der Waals surface area (Å²) in [4.78, 5) is 13.6. The van der Waals surface area contributed by atoms with Gasteiger partial charge in [-0.25, -0.2) is 0 Å². The Hall–Kier alpha value is -1.75. The molecule has 1 aromatic carbocycles. The van der Waals surface area contributed by atoms with Crippen molar-refractivity contribution in [2.45, 2.75) is 26.4 Å². The number of nitrogens with one attached hydrogen (secondary N) is 1. The molecule has 0 aliphatic carbocycles. The van der Waals surface area contributed by atoms with Gasteiger partial charge in [-0.2, -0.15) is 0 Å². The predicted octanol–water partition coefficient (Wildman–Crippen LogP) is 1.23. The molecule has 0 fully saturated rings. The van der Waals surface area contributed by atoms with Gasteiger partial charge in [0.1, 0.15) is 0 Å². The molecule has 0 radical (unpaired) electrons. The number of rotatable bonds is 5. The van der Waals surface area contributed by atoms with Crippen molar-refractivity contribution in [3.8, 4) is 0 Å². The minimum Gasteiger partial charge on any atom is -0.397 e. The normalized spacial score (nSPS) is 11.2. The highest BCUT2D eigenvalue weighted by molar-refractivity contribution is 5.96. The van der Waals surface area contributed by atoms with Gasteiger partial charge >= 0.3 is 0 Å². The molecule has 19 heavy (non-hydrogen) atoms. The van der Waals surface area contributed by atoms with Crippen LogP contribution in [0.4, 0.5) is 11.4 Å². The van der Waals surface area contributed by atoms with E-state index in [0.29, 0.717) is 24.3 Å². The lowest BCUT2D eigenvalue weighted by Crippen LogP contribution is -2.36. The fraction of sp³-hybridized carbons (Fsp3) is 0.500. The Morgan fingerprint density at radius 2 is 2.11 bits per heavy atom. The summed E-state index contributed by atoms with van der Waals surface area (Å²) < 4.78 is 0. The number of benzene rings is 1. The summed E-state index contributed by atoms with van der Waals surface area (Å²) in [6, 6.07) is 5.18. The van der Waals surface area contributed by atoms with Crippen molar-refractivity contribution < 1.29 is 9.90 Å². The maximum atomic E-state index is 11.7. The molecule has 0 heterocycles. The number of anilines is 2. The number of aliphatic hydroxyl groups is 1. The maximum Gasteiger partial charge on any atom is 0.251 e. The van der Waals surface area contributed by atoms with Crippen LogP contribution < -0.4 is 16.0 Å². The number of carbonyl (C=O) groups excluding carboxylic acids is 1. The predicted molar refractivity (Wildman–Crippen MR) is 78.4 cm³/mol. The average Bonchev–Trinajstić information content (AvgIpc) is 2.26. The molecule has 5 heteroatoms. The van der Waals surface area contributed by atoms with E-state index in [-0.39, 0.29) is 5.91 Å². The zero-order valence-electron chi connectivity index (χ0n) is 12.0. The second-order valence-corrected chi connectivity index (χ2v) is 5.30. The van der Waals surface area contributed by atoms with Crippen molar-refractivity contribution in [3.63, 3.8) is 0 Å². The molecule has 0 spiro atoms. The van der Waals surface area contributed by atoms with Crippen LogP contribution in [0.15, 0.2) is 18.2 Å². The van der Waals surface area contributed by atoms with Crippen LogP contribution in [0, 0.1) is 0 Å². The molecule has 1 amide bonds. The summed E-state index contributed by atoms with van der Waals surface area (Å²) in [5.41, 5.74) is 7.03. The fourth-order valence-corrected chi connectivity index (χ4v) is 1.97. The third-order valence-corrected chi connectivity index (χ3v) is 2.66. The minimum absolute atomic E-state index is 0.133. The SMILES string of the molecule is CCNC(=O)c1ccc(N(C)CC(C)(C)O)c(N)c1. The number of nitrogens with zero attached hydrogens (tertiary/aromatic N) is 1. The Balaban J connectivity index is 2.91. The van der Waals surface area contributed by atoms with Crippen LogP contribution in [-0.2, 0) is 0 Å². The van der Waals surface area contributed by atoms with Gasteiger partial charge < -0.3 is 21.1 Å². The van der Waals surface area contributed by atoms with Crippen LogP contribution in [0.25, 0.3) is 0 Å². The Labute approximate surface area is 114 Å². The molecule has 106 valence electrons. The topological polar surface area (TPSA) is 78.6 Å². The zero-order chi connectivity index (χ0) is 14.6. The van der Waals surface area contributed by atoms with Gasteiger partial charge in [-0.3, -0.25) is 4.79 Å². The van der Waals surface area contributed by atoms with E-state index in [2.05, 4.69) is 5.32 Å². The zero-order valence-corrected chi connectivity index (χ0v) is 12.0. The first-order valence-electron chi connectivity index (χ1n) is 6.36. The number of hydrogen-bond donors (Lipinski definition) is 3. The van der Waals surface area contributed by atoms with Crippen LogP contribution in [0.3, 0.4) is 0 Å². The summed E-state index contributed by atoms with van der Waals surface area (Å²) >= 11 is 0. The van der Waals surface area contributed by atoms with E-state index in [9.17, 15) is 9.90 Å². The van der Waals surface area contributed by atoms with E-state index < -0.39 is 5.60 Å². The number of likely N-dealkylation sites (N-methyl/N-ethyl adjacent to an activating group) is 1. The highest BCUT2D eigenvalue weighted by atomic mass is 16.3. The molecule has 1 aromatic rings. The van der Waals surface area contributed by atoms with Gasteiger partial charge in [0.25, 0.3) is 5.91 Å². The van der Waals surface area contributed by atoms with Crippen LogP contribution >= 0.6 is 0 Å². The van der Waals surface area contributed by atoms with Crippen LogP contribution in [0.1, 0.15) is 31.1 Å². The Bertz CT molecular complexity index is 452. The first-order valence-corrected chi connectivity index (χ1v) is 6.36. The lowest BCUT2D eigenvalue weighted by molar-refractivity contribution is 0.0885. The molecule has 0 bridgehead atoms. The Morgan fingerprint density at radius 3 is 2.58 bits per heavy atom. The molecule has 0 saturated carbocycles. The van der Waals surface area contributed by atoms with Crippen molar-refractivity contribution >= 4 is 17.3 Å². The largest absolute Gasteiger partial charge is 0.397 e. The number of amides is 1. The first kappa shape index (κ1) is 15.3. The molecule has 0 saturated heterocycles. The summed E-state index contributed by atoms with van der Waals surface area (Å²) in [5.74, 6) is -0.133. The van der Waals surface area contributed by atoms with E-state index in [1.807, 2.05) is 18.9 Å². The quantitative estimate of drug-likeness (QED) is 0.700. The summed E-state index contributed by atoms with van der Waals surface area (Å²) in [5, 5.41) is 12.5. The van der Waals surface area contributed by atoms with Crippen molar-refractivity contribution in [2.75, 3.05) is 30.8 Å². The number of nitrogens with two attached hydrogens (primary N) is 1. The van der Waals surface area contributed by atoms with Gasteiger partial charge in [0.2, 0.25) is 0 Å². The van der Waals surface area contributed by atoms with E-state index in [1.165, 1.54) is 0 Å². The van der Waals surface area contributed by atoms with Crippen LogP contribution in [0.5, 0.6) is 0 Å². The third kappa shape index (κ3) is 4.44. The third-order valence-electron chi connectivity index (χ3n) is 2.66. The smallest absolute Gasteiger partial charge is 0.251 e. The van der Waals surface area contributed by atoms with Crippen LogP contribution in [-0.4, -0.2) is 36.8 Å². The summed E-state index contributed by atoms with van der Waals surface area (Å²) in [7, 11) is 1.86. The van der Waals surface area contributed by atoms with Crippen molar-refractivity contribution in [1.82, 2.24) is 5.32 Å². The molecule has 0 unspecified atom stereocenters. The molecular formula is C14H23N3O2. The van der Waals surface area contributed by atoms with E-state index >= 15 is 0 Å². The molecule has 0 aliphatic heterocycles. The van der Waals surface area contributed by atoms with Crippen molar-refractivity contribution in [2.24, 2.45) is 0 Å². The number of carbonyl (C=O) groups is 1. The highest BCUT2D eigenvalue weighted by Gasteiger charge is 2.18. The van der Waals surface area contributed by atoms with Gasteiger partial charge in [-0.1, -0.05) is 0 Å². The Kier molecular flexibility index (Phi) is 4.78. The molecule has 1 rings (SSSR count). The molecule has 0 atom stereocenters. The summed E-state index contributed by atoms with van der Waals surface area (Å²) in [6.45, 7) is 6.38. The molecular weight excluding hydrogens is 242 g/mol. The lowest BCUT2D eigenvalue weighted by atomic mass is 10.1. The number of hydrogen-bond acceptors (Lipinski definition) is 4. The minimum atomic E-state index is -0.806. The van der Waals surface area contributed by atoms with Gasteiger partial charge in [-0.05, 0) is 39.0 Å². The fourth-order valence-electron chi connectivity index (χ4n) is 1.97. The second kappa shape index (κ2) is 5.93. The number of nitrogen functional groups attached to an aromatic ring is 1. The van der Waals surface area contributed by atoms with Gasteiger partial charge in [0.05, 0.1) is 17.0 Å². The van der Waals surface area contributed by atoms with Gasteiger partial charge in [0.15, 0.2) is 0 Å². The van der Waals surface area contributed by atoms with E-state index in [0.717, 1.165) is 5.69 Å².